The summed E-state index contributed by atoms with van der Waals surface area (Å²) in [5.41, 5.74) is 0.477. The van der Waals surface area contributed by atoms with Gasteiger partial charge in [0, 0.05) is 24.2 Å². The third-order valence-corrected chi connectivity index (χ3v) is 7.80. The van der Waals surface area contributed by atoms with Crippen molar-refractivity contribution in [2.75, 3.05) is 33.4 Å². The van der Waals surface area contributed by atoms with E-state index in [1.54, 1.807) is 12.1 Å². The fourth-order valence-electron chi connectivity index (χ4n) is 6.63. The Morgan fingerprint density at radius 3 is 2.53 bits per heavy atom. The van der Waals surface area contributed by atoms with Crippen LogP contribution in [0.4, 0.5) is 9.18 Å². The van der Waals surface area contributed by atoms with Crippen molar-refractivity contribution in [1.29, 1.82) is 0 Å². The average molecular weight is 416 g/mol. The topological polar surface area (TPSA) is 59.1 Å². The average Bonchev–Trinajstić information content (AvgIpc) is 3.16. The highest BCUT2D eigenvalue weighted by Gasteiger charge is 2.61. The van der Waals surface area contributed by atoms with Crippen molar-refractivity contribution < 1.29 is 23.5 Å². The van der Waals surface area contributed by atoms with E-state index in [0.29, 0.717) is 49.6 Å². The van der Waals surface area contributed by atoms with E-state index in [2.05, 4.69) is 0 Å². The number of methoxy groups -OCH3 is 1. The third kappa shape index (κ3) is 3.18. The molecule has 1 aromatic carbocycles. The van der Waals surface area contributed by atoms with Crippen LogP contribution in [0.25, 0.3) is 0 Å². The molecule has 0 spiro atoms. The number of carbonyl (C=O) groups excluding carboxylic acids is 2. The molecule has 4 bridgehead atoms. The van der Waals surface area contributed by atoms with Crippen molar-refractivity contribution in [2.45, 2.75) is 44.2 Å². The molecule has 0 N–H and O–H groups in total. The molecular formula is C23H29FN2O4. The first-order valence-electron chi connectivity index (χ1n) is 11.0. The van der Waals surface area contributed by atoms with Crippen molar-refractivity contribution in [3.05, 3.63) is 35.1 Å². The number of halogens is 1. The Bertz CT molecular complexity index is 840. The molecule has 5 aliphatic rings. The van der Waals surface area contributed by atoms with Crippen LogP contribution in [-0.2, 0) is 16.0 Å². The van der Waals surface area contributed by atoms with E-state index < -0.39 is 11.8 Å². The van der Waals surface area contributed by atoms with Crippen molar-refractivity contribution in [2.24, 2.45) is 17.8 Å². The van der Waals surface area contributed by atoms with Crippen molar-refractivity contribution in [3.63, 3.8) is 0 Å². The number of morpholine rings is 1. The van der Waals surface area contributed by atoms with E-state index in [9.17, 15) is 14.0 Å². The maximum absolute atomic E-state index is 14.9. The summed E-state index contributed by atoms with van der Waals surface area (Å²) in [6, 6.07) is 4.42. The van der Waals surface area contributed by atoms with Crippen LogP contribution in [-0.4, -0.2) is 60.8 Å². The molecule has 6 rings (SSSR count). The number of esters is 1. The summed E-state index contributed by atoms with van der Waals surface area (Å²) < 4.78 is 25.1. The van der Waals surface area contributed by atoms with Gasteiger partial charge in [0.25, 0.3) is 0 Å². The Labute approximate surface area is 176 Å². The molecule has 2 atom stereocenters. The fraction of sp³-hybridized carbons (Fsp3) is 0.652. The lowest BCUT2D eigenvalue weighted by Gasteiger charge is -2.46. The highest BCUT2D eigenvalue weighted by atomic mass is 19.1. The maximum atomic E-state index is 14.9. The first-order chi connectivity index (χ1) is 14.5. The number of carbonyl (C=O) groups is 2. The van der Waals surface area contributed by atoms with Crippen LogP contribution >= 0.6 is 0 Å². The van der Waals surface area contributed by atoms with Crippen LogP contribution in [0.1, 0.15) is 48.0 Å². The molecule has 0 radical (unpaired) electrons. The SMILES string of the molecule is COC(=O)c1ccc(CN(C(=O)N2CCOCC2)C23CC4CC(CC2C4)C3)c(F)c1. The quantitative estimate of drug-likeness (QED) is 0.706. The van der Waals surface area contributed by atoms with Crippen LogP contribution in [0.5, 0.6) is 0 Å². The largest absolute Gasteiger partial charge is 0.465 e. The van der Waals surface area contributed by atoms with Crippen LogP contribution in [0.2, 0.25) is 0 Å². The number of urea groups is 1. The Balaban J connectivity index is 1.46. The first kappa shape index (κ1) is 19.8. The molecule has 2 amide bonds. The van der Waals surface area contributed by atoms with Gasteiger partial charge in [-0.25, -0.2) is 14.0 Å². The highest BCUT2D eigenvalue weighted by molar-refractivity contribution is 5.89. The Hall–Kier alpha value is -2.15. The molecule has 1 aliphatic heterocycles. The van der Waals surface area contributed by atoms with E-state index in [1.807, 2.05) is 9.80 Å². The van der Waals surface area contributed by atoms with Crippen LogP contribution in [0.3, 0.4) is 0 Å². The highest BCUT2D eigenvalue weighted by Crippen LogP contribution is 2.63. The summed E-state index contributed by atoms with van der Waals surface area (Å²) in [4.78, 5) is 29.3. The van der Waals surface area contributed by atoms with E-state index in [1.165, 1.54) is 32.4 Å². The lowest BCUT2D eigenvalue weighted by atomic mass is 9.79. The molecule has 1 saturated heterocycles. The summed E-state index contributed by atoms with van der Waals surface area (Å²) in [7, 11) is 1.28. The van der Waals surface area contributed by atoms with Crippen LogP contribution in [0.15, 0.2) is 18.2 Å². The zero-order valence-electron chi connectivity index (χ0n) is 17.4. The summed E-state index contributed by atoms with van der Waals surface area (Å²) >= 11 is 0. The number of rotatable bonds is 4. The summed E-state index contributed by atoms with van der Waals surface area (Å²) in [5.74, 6) is 0.866. The van der Waals surface area contributed by atoms with Gasteiger partial charge in [0.15, 0.2) is 0 Å². The van der Waals surface area contributed by atoms with Crippen LogP contribution < -0.4 is 0 Å². The molecule has 162 valence electrons. The van der Waals surface area contributed by atoms with Crippen molar-refractivity contribution in [3.8, 4) is 0 Å². The molecule has 7 heteroatoms. The first-order valence-corrected chi connectivity index (χ1v) is 11.0. The number of benzene rings is 1. The van der Waals surface area contributed by atoms with Gasteiger partial charge in [0.2, 0.25) is 0 Å². The number of nitrogens with zero attached hydrogens (tertiary/aromatic N) is 2. The lowest BCUT2D eigenvalue weighted by Crippen LogP contribution is -2.58. The van der Waals surface area contributed by atoms with Gasteiger partial charge in [-0.3, -0.25) is 0 Å². The molecule has 6 nitrogen and oxygen atoms in total. The smallest absolute Gasteiger partial charge is 0.337 e. The second-order valence-corrected chi connectivity index (χ2v) is 9.41. The molecule has 0 aromatic heterocycles. The summed E-state index contributed by atoms with van der Waals surface area (Å²) in [6.45, 7) is 2.48. The fourth-order valence-corrected chi connectivity index (χ4v) is 6.63. The van der Waals surface area contributed by atoms with E-state index in [4.69, 9.17) is 9.47 Å². The molecule has 2 unspecified atom stereocenters. The molecule has 4 saturated carbocycles. The lowest BCUT2D eigenvalue weighted by molar-refractivity contribution is 0.0163. The Morgan fingerprint density at radius 2 is 1.90 bits per heavy atom. The summed E-state index contributed by atoms with van der Waals surface area (Å²) in [5, 5.41) is 0. The molecule has 5 fully saturated rings. The van der Waals surface area contributed by atoms with Gasteiger partial charge in [-0.1, -0.05) is 6.07 Å². The number of amides is 2. The second kappa shape index (κ2) is 7.52. The number of hydrogen-bond donors (Lipinski definition) is 0. The molecular weight excluding hydrogens is 387 g/mol. The maximum Gasteiger partial charge on any atom is 0.337 e. The predicted octanol–water partition coefficient (Wildman–Crippen LogP) is 3.45. The van der Waals surface area contributed by atoms with Gasteiger partial charge < -0.3 is 19.3 Å². The standard InChI is InChI=1S/C23H29FN2O4/c1-29-21(27)17-2-3-18(20(24)11-17)14-26(22(28)25-4-6-30-7-5-25)23-12-15-8-16(13-23)10-19(23)9-15/h2-3,11,15-16,19H,4-10,12-14H2,1H3. The zero-order chi connectivity index (χ0) is 20.9. The summed E-state index contributed by atoms with van der Waals surface area (Å²) in [6.07, 6.45) is 5.72. The zero-order valence-corrected chi connectivity index (χ0v) is 17.4. The van der Waals surface area contributed by atoms with Gasteiger partial charge >= 0.3 is 12.0 Å². The third-order valence-electron chi connectivity index (χ3n) is 7.80. The monoisotopic (exact) mass is 416 g/mol. The van der Waals surface area contributed by atoms with Gasteiger partial charge in [0.05, 0.1) is 32.4 Å². The van der Waals surface area contributed by atoms with Crippen molar-refractivity contribution >= 4 is 12.0 Å². The molecule has 4 aliphatic carbocycles. The van der Waals surface area contributed by atoms with E-state index in [-0.39, 0.29) is 23.7 Å². The molecule has 1 aromatic rings. The van der Waals surface area contributed by atoms with Gasteiger partial charge in [-0.15, -0.1) is 0 Å². The van der Waals surface area contributed by atoms with Gasteiger partial charge in [-0.2, -0.15) is 0 Å². The minimum Gasteiger partial charge on any atom is -0.465 e. The minimum absolute atomic E-state index is 0.00273. The predicted molar refractivity (Wildman–Crippen MR) is 107 cm³/mol. The Kier molecular flexibility index (Phi) is 4.96. The van der Waals surface area contributed by atoms with Gasteiger partial charge in [0.1, 0.15) is 5.82 Å². The molecule has 30 heavy (non-hydrogen) atoms. The van der Waals surface area contributed by atoms with E-state index >= 15 is 0 Å². The second-order valence-electron chi connectivity index (χ2n) is 9.41. The van der Waals surface area contributed by atoms with Crippen molar-refractivity contribution in [1.82, 2.24) is 9.80 Å². The Morgan fingerprint density at radius 1 is 1.20 bits per heavy atom. The minimum atomic E-state index is -0.563. The number of ether oxygens (including phenoxy) is 2. The van der Waals surface area contributed by atoms with E-state index in [0.717, 1.165) is 12.8 Å². The molecule has 1 heterocycles. The number of hydrogen-bond acceptors (Lipinski definition) is 4. The normalized spacial score (nSPS) is 31.8. The van der Waals surface area contributed by atoms with Gasteiger partial charge in [-0.05, 0) is 62.0 Å². The van der Waals surface area contributed by atoms with Crippen LogP contribution in [0, 0.1) is 23.6 Å².